The summed E-state index contributed by atoms with van der Waals surface area (Å²) in [6, 6.07) is 21.4. The topological polar surface area (TPSA) is 46.2 Å². The van der Waals surface area contributed by atoms with Gasteiger partial charge in [-0.15, -0.1) is 0 Å². The molecule has 0 fully saturated rings. The van der Waals surface area contributed by atoms with Gasteiger partial charge < -0.3 is 23.4 Å². The zero-order valence-corrected chi connectivity index (χ0v) is 25.4. The molecule has 0 N–H and O–H groups in total. The van der Waals surface area contributed by atoms with Crippen LogP contribution in [-0.4, -0.2) is 67.8 Å². The van der Waals surface area contributed by atoms with Gasteiger partial charge in [-0.05, 0) is 21.8 Å². The normalized spacial score (nSPS) is 12.2. The summed E-state index contributed by atoms with van der Waals surface area (Å²) >= 11 is 0. The van der Waals surface area contributed by atoms with Crippen LogP contribution in [0.25, 0.3) is 0 Å². The van der Waals surface area contributed by atoms with Crippen LogP contribution in [-0.2, 0) is 23.4 Å². The van der Waals surface area contributed by atoms with Gasteiger partial charge in [-0.1, -0.05) is 120 Å². The molecule has 0 bridgehead atoms. The van der Waals surface area contributed by atoms with E-state index in [9.17, 15) is 0 Å². The van der Waals surface area contributed by atoms with Crippen molar-refractivity contribution < 1.29 is 23.4 Å². The summed E-state index contributed by atoms with van der Waals surface area (Å²) in [6.07, 6.45) is 7.73. The predicted octanol–water partition coefficient (Wildman–Crippen LogP) is 5.99. The highest BCUT2D eigenvalue weighted by molar-refractivity contribution is 6.99. The van der Waals surface area contributed by atoms with Crippen LogP contribution in [0.2, 0.25) is 5.04 Å². The van der Waals surface area contributed by atoms with Crippen molar-refractivity contribution in [3.05, 3.63) is 60.7 Å². The smallest absolute Gasteiger partial charge is 0.261 e. The van der Waals surface area contributed by atoms with Gasteiger partial charge in [0.25, 0.3) is 8.32 Å². The Morgan fingerprint density at radius 3 is 1.34 bits per heavy atom. The predicted molar refractivity (Wildman–Crippen MR) is 160 cm³/mol. The summed E-state index contributed by atoms with van der Waals surface area (Å²) in [5.41, 5.74) is 0. The second-order valence-electron chi connectivity index (χ2n) is 10.7. The van der Waals surface area contributed by atoms with E-state index in [4.69, 9.17) is 23.4 Å². The first-order valence-electron chi connectivity index (χ1n) is 14.6. The van der Waals surface area contributed by atoms with Crippen molar-refractivity contribution in [3.8, 4) is 0 Å². The van der Waals surface area contributed by atoms with Crippen LogP contribution >= 0.6 is 0 Å². The minimum atomic E-state index is -2.50. The molecule has 0 radical (unpaired) electrons. The molecular formula is C32H52O5Si. The highest BCUT2D eigenvalue weighted by Gasteiger charge is 2.49. The van der Waals surface area contributed by atoms with Gasteiger partial charge in [0.15, 0.2) is 0 Å². The standard InChI is InChI=1S/C32H52O5Si/c1-5-6-7-8-9-16-21-33-22-23-34-24-25-35-26-27-36-28-29-37-38(32(2,3)4,30-17-12-10-13-18-30)31-19-14-11-15-20-31/h10-15,17-20H,5-9,16,21-29H2,1-4H3. The first kappa shape index (κ1) is 32.7. The Bertz CT molecular complexity index is 770. The first-order valence-corrected chi connectivity index (χ1v) is 16.5. The molecule has 0 aliphatic rings. The number of benzene rings is 2. The molecule has 0 spiro atoms. The first-order chi connectivity index (χ1) is 18.5. The third-order valence-corrected chi connectivity index (χ3v) is 11.8. The van der Waals surface area contributed by atoms with E-state index in [0.717, 1.165) is 13.0 Å². The summed E-state index contributed by atoms with van der Waals surface area (Å²) in [5.74, 6) is 0. The highest BCUT2D eigenvalue weighted by Crippen LogP contribution is 2.36. The quantitative estimate of drug-likeness (QED) is 0.135. The molecule has 0 unspecified atom stereocenters. The van der Waals surface area contributed by atoms with Gasteiger partial charge in [-0.3, -0.25) is 0 Å². The van der Waals surface area contributed by atoms with Crippen LogP contribution < -0.4 is 10.4 Å². The maximum atomic E-state index is 6.84. The van der Waals surface area contributed by atoms with E-state index in [0.29, 0.717) is 52.9 Å². The van der Waals surface area contributed by atoms with Crippen molar-refractivity contribution in [1.82, 2.24) is 0 Å². The van der Waals surface area contributed by atoms with E-state index in [-0.39, 0.29) is 5.04 Å². The summed E-state index contributed by atoms with van der Waals surface area (Å²) < 4.78 is 29.5. The van der Waals surface area contributed by atoms with E-state index in [2.05, 4.69) is 88.4 Å². The molecule has 0 aromatic heterocycles. The van der Waals surface area contributed by atoms with Crippen molar-refractivity contribution >= 4 is 18.7 Å². The molecule has 5 nitrogen and oxygen atoms in total. The van der Waals surface area contributed by atoms with Crippen LogP contribution in [0.15, 0.2) is 60.7 Å². The lowest BCUT2D eigenvalue weighted by atomic mass is 10.1. The van der Waals surface area contributed by atoms with E-state index in [1.54, 1.807) is 0 Å². The van der Waals surface area contributed by atoms with Gasteiger partial charge in [-0.25, -0.2) is 0 Å². The number of hydrogen-bond donors (Lipinski definition) is 0. The molecule has 0 saturated carbocycles. The molecule has 214 valence electrons. The molecule has 2 aromatic carbocycles. The Hall–Kier alpha value is -1.54. The second-order valence-corrected chi connectivity index (χ2v) is 15.0. The van der Waals surface area contributed by atoms with Crippen LogP contribution in [0.4, 0.5) is 0 Å². The third-order valence-electron chi connectivity index (χ3n) is 6.72. The van der Waals surface area contributed by atoms with Gasteiger partial charge in [0.1, 0.15) is 0 Å². The number of unbranched alkanes of at least 4 members (excludes halogenated alkanes) is 5. The number of ether oxygens (including phenoxy) is 4. The Labute approximate surface area is 233 Å². The Morgan fingerprint density at radius 1 is 0.500 bits per heavy atom. The largest absolute Gasteiger partial charge is 0.405 e. The molecule has 0 atom stereocenters. The molecule has 0 saturated heterocycles. The second kappa shape index (κ2) is 19.5. The number of rotatable bonds is 22. The molecule has 2 rings (SSSR count). The van der Waals surface area contributed by atoms with Crippen molar-refractivity contribution in [2.75, 3.05) is 59.5 Å². The maximum absolute atomic E-state index is 6.84. The van der Waals surface area contributed by atoms with E-state index >= 15 is 0 Å². The molecule has 2 aromatic rings. The maximum Gasteiger partial charge on any atom is 0.261 e. The molecule has 0 amide bonds. The SMILES string of the molecule is CCCCCCCCOCCOCCOCCOCCO[Si](c1ccccc1)(c1ccccc1)C(C)(C)C. The Kier molecular flexibility index (Phi) is 16.8. The van der Waals surface area contributed by atoms with E-state index < -0.39 is 8.32 Å². The zero-order chi connectivity index (χ0) is 27.4. The minimum absolute atomic E-state index is 0.0297. The van der Waals surface area contributed by atoms with Crippen LogP contribution in [0.3, 0.4) is 0 Å². The molecule has 0 heterocycles. The van der Waals surface area contributed by atoms with Crippen molar-refractivity contribution in [2.45, 2.75) is 71.3 Å². The fraction of sp³-hybridized carbons (Fsp3) is 0.625. The van der Waals surface area contributed by atoms with Gasteiger partial charge in [0.2, 0.25) is 0 Å². The van der Waals surface area contributed by atoms with E-state index in [1.807, 2.05) is 0 Å². The number of hydrogen-bond acceptors (Lipinski definition) is 5. The summed E-state index contributed by atoms with van der Waals surface area (Å²) in [5, 5.41) is 2.54. The van der Waals surface area contributed by atoms with Gasteiger partial charge in [0.05, 0.1) is 52.9 Å². The molecule has 6 heteroatoms. The van der Waals surface area contributed by atoms with Crippen molar-refractivity contribution in [1.29, 1.82) is 0 Å². The Morgan fingerprint density at radius 2 is 0.895 bits per heavy atom. The zero-order valence-electron chi connectivity index (χ0n) is 24.4. The van der Waals surface area contributed by atoms with Crippen LogP contribution in [0.5, 0.6) is 0 Å². The van der Waals surface area contributed by atoms with Crippen molar-refractivity contribution in [3.63, 3.8) is 0 Å². The monoisotopic (exact) mass is 544 g/mol. The fourth-order valence-electron chi connectivity index (χ4n) is 4.76. The van der Waals surface area contributed by atoms with Crippen LogP contribution in [0.1, 0.15) is 66.2 Å². The minimum Gasteiger partial charge on any atom is -0.405 e. The fourth-order valence-corrected chi connectivity index (χ4v) is 9.31. The lowest BCUT2D eigenvalue weighted by molar-refractivity contribution is -0.00518. The molecule has 0 aliphatic heterocycles. The molecular weight excluding hydrogens is 492 g/mol. The summed E-state index contributed by atoms with van der Waals surface area (Å²) in [6.45, 7) is 14.6. The van der Waals surface area contributed by atoms with Gasteiger partial charge >= 0.3 is 0 Å². The highest BCUT2D eigenvalue weighted by atomic mass is 28.4. The lowest BCUT2D eigenvalue weighted by Crippen LogP contribution is -2.66. The lowest BCUT2D eigenvalue weighted by Gasteiger charge is -2.43. The van der Waals surface area contributed by atoms with Gasteiger partial charge in [0, 0.05) is 6.61 Å². The average Bonchev–Trinajstić information content (AvgIpc) is 2.92. The van der Waals surface area contributed by atoms with Gasteiger partial charge in [-0.2, -0.15) is 0 Å². The average molecular weight is 545 g/mol. The van der Waals surface area contributed by atoms with E-state index in [1.165, 1.54) is 42.5 Å². The Balaban J connectivity index is 1.58. The van der Waals surface area contributed by atoms with Crippen molar-refractivity contribution in [2.24, 2.45) is 0 Å². The van der Waals surface area contributed by atoms with Crippen LogP contribution in [0, 0.1) is 0 Å². The molecule has 0 aliphatic carbocycles. The summed E-state index contributed by atoms with van der Waals surface area (Å²) in [4.78, 5) is 0. The third kappa shape index (κ3) is 11.7. The molecule has 38 heavy (non-hydrogen) atoms. The summed E-state index contributed by atoms with van der Waals surface area (Å²) in [7, 11) is -2.50.